The zero-order chi connectivity index (χ0) is 16.0. The van der Waals surface area contributed by atoms with E-state index in [0.717, 1.165) is 10.0 Å². The summed E-state index contributed by atoms with van der Waals surface area (Å²) in [5.74, 6) is -2.21. The second-order valence-electron chi connectivity index (χ2n) is 4.44. The number of hydrogen-bond donors (Lipinski definition) is 2. The van der Waals surface area contributed by atoms with Crippen LogP contribution in [-0.4, -0.2) is 36.1 Å². The van der Waals surface area contributed by atoms with Crippen molar-refractivity contribution in [2.75, 3.05) is 7.11 Å². The number of aliphatic carboxylic acids is 1. The van der Waals surface area contributed by atoms with Gasteiger partial charge in [0.25, 0.3) is 5.91 Å². The SMILES string of the molecule is COC(=O)CC[C@@H](NC(=O)c1ccc(Br)c(C)c1)C(=O)O. The fraction of sp³-hybridized carbons (Fsp3) is 0.357. The standard InChI is InChI=1S/C14H16BrNO5/c1-8-7-9(3-4-10(8)15)13(18)16-11(14(19)20)5-6-12(17)21-2/h3-4,7,11H,5-6H2,1-2H3,(H,16,18)(H,19,20)/t11-/m1/s1. The van der Waals surface area contributed by atoms with Gasteiger partial charge in [-0.05, 0) is 37.1 Å². The van der Waals surface area contributed by atoms with Crippen molar-refractivity contribution in [1.82, 2.24) is 5.32 Å². The van der Waals surface area contributed by atoms with Gasteiger partial charge in [-0.2, -0.15) is 0 Å². The summed E-state index contributed by atoms with van der Waals surface area (Å²) in [5.41, 5.74) is 1.23. The molecule has 7 heteroatoms. The molecular formula is C14H16BrNO5. The molecule has 0 aliphatic rings. The van der Waals surface area contributed by atoms with E-state index >= 15 is 0 Å². The Labute approximate surface area is 130 Å². The van der Waals surface area contributed by atoms with Crippen molar-refractivity contribution in [2.24, 2.45) is 0 Å². The molecule has 1 rings (SSSR count). The molecule has 0 saturated heterocycles. The minimum absolute atomic E-state index is 0.0245. The monoisotopic (exact) mass is 357 g/mol. The first kappa shape index (κ1) is 17.2. The Morgan fingerprint density at radius 2 is 2.05 bits per heavy atom. The Bertz CT molecular complexity index is 558. The predicted octanol–water partition coefficient (Wildman–Crippen LogP) is 1.89. The van der Waals surface area contributed by atoms with Gasteiger partial charge in [-0.1, -0.05) is 15.9 Å². The van der Waals surface area contributed by atoms with Crippen LogP contribution in [0.25, 0.3) is 0 Å². The molecule has 0 fully saturated rings. The van der Waals surface area contributed by atoms with Gasteiger partial charge in [0.05, 0.1) is 7.11 Å². The van der Waals surface area contributed by atoms with E-state index < -0.39 is 23.9 Å². The van der Waals surface area contributed by atoms with Gasteiger partial charge in [0, 0.05) is 16.5 Å². The number of benzene rings is 1. The average molecular weight is 358 g/mol. The molecule has 1 aromatic rings. The van der Waals surface area contributed by atoms with E-state index in [1.165, 1.54) is 7.11 Å². The fourth-order valence-electron chi connectivity index (χ4n) is 1.65. The van der Waals surface area contributed by atoms with E-state index in [2.05, 4.69) is 26.0 Å². The van der Waals surface area contributed by atoms with Crippen molar-refractivity contribution in [2.45, 2.75) is 25.8 Å². The number of rotatable bonds is 6. The summed E-state index contributed by atoms with van der Waals surface area (Å²) >= 11 is 3.32. The van der Waals surface area contributed by atoms with Gasteiger partial charge < -0.3 is 15.2 Å². The lowest BCUT2D eigenvalue weighted by Gasteiger charge is -2.14. The van der Waals surface area contributed by atoms with Crippen LogP contribution < -0.4 is 5.32 Å². The predicted molar refractivity (Wildman–Crippen MR) is 79.0 cm³/mol. The summed E-state index contributed by atoms with van der Waals surface area (Å²) in [6.07, 6.45) is -0.101. The Morgan fingerprint density at radius 3 is 2.57 bits per heavy atom. The third-order valence-electron chi connectivity index (χ3n) is 2.89. The Kier molecular flexibility index (Phi) is 6.36. The number of hydrogen-bond acceptors (Lipinski definition) is 4. The van der Waals surface area contributed by atoms with Crippen LogP contribution in [-0.2, 0) is 14.3 Å². The molecule has 0 radical (unpaired) electrons. The van der Waals surface area contributed by atoms with Crippen LogP contribution in [0.15, 0.2) is 22.7 Å². The first-order chi connectivity index (χ1) is 9.85. The highest BCUT2D eigenvalue weighted by atomic mass is 79.9. The minimum atomic E-state index is -1.19. The molecule has 1 aromatic carbocycles. The molecule has 0 heterocycles. The van der Waals surface area contributed by atoms with Crippen LogP contribution in [0.5, 0.6) is 0 Å². The number of carbonyl (C=O) groups is 3. The van der Waals surface area contributed by atoms with E-state index in [-0.39, 0.29) is 12.8 Å². The molecule has 0 aromatic heterocycles. The maximum atomic E-state index is 12.0. The fourth-order valence-corrected chi connectivity index (χ4v) is 1.90. The lowest BCUT2D eigenvalue weighted by Crippen LogP contribution is -2.41. The van der Waals surface area contributed by atoms with Crippen LogP contribution >= 0.6 is 15.9 Å². The van der Waals surface area contributed by atoms with Crippen LogP contribution in [0.3, 0.4) is 0 Å². The summed E-state index contributed by atoms with van der Waals surface area (Å²) in [6.45, 7) is 1.83. The van der Waals surface area contributed by atoms with Gasteiger partial charge in [-0.3, -0.25) is 9.59 Å². The number of esters is 1. The molecule has 0 aliphatic carbocycles. The highest BCUT2D eigenvalue weighted by Crippen LogP contribution is 2.17. The van der Waals surface area contributed by atoms with Crippen molar-refractivity contribution in [3.05, 3.63) is 33.8 Å². The molecule has 6 nitrogen and oxygen atoms in total. The minimum Gasteiger partial charge on any atom is -0.480 e. The van der Waals surface area contributed by atoms with Crippen LogP contribution in [0.1, 0.15) is 28.8 Å². The lowest BCUT2D eigenvalue weighted by atomic mass is 10.1. The van der Waals surface area contributed by atoms with E-state index in [9.17, 15) is 14.4 Å². The van der Waals surface area contributed by atoms with Gasteiger partial charge >= 0.3 is 11.9 Å². The maximum Gasteiger partial charge on any atom is 0.326 e. The van der Waals surface area contributed by atoms with Crippen molar-refractivity contribution >= 4 is 33.8 Å². The average Bonchev–Trinajstić information content (AvgIpc) is 2.45. The molecule has 0 unspecified atom stereocenters. The van der Waals surface area contributed by atoms with Gasteiger partial charge in [0.1, 0.15) is 6.04 Å². The van der Waals surface area contributed by atoms with E-state index in [1.807, 2.05) is 6.92 Å². The van der Waals surface area contributed by atoms with Crippen LogP contribution in [0, 0.1) is 6.92 Å². The number of halogens is 1. The number of carboxylic acids is 1. The summed E-state index contributed by atoms with van der Waals surface area (Å²) in [6, 6.07) is 3.82. The van der Waals surface area contributed by atoms with Crippen molar-refractivity contribution in [1.29, 1.82) is 0 Å². The molecule has 0 spiro atoms. The smallest absolute Gasteiger partial charge is 0.326 e. The van der Waals surface area contributed by atoms with E-state index in [1.54, 1.807) is 18.2 Å². The summed E-state index contributed by atoms with van der Waals surface area (Å²) < 4.78 is 5.31. The number of carbonyl (C=O) groups excluding carboxylic acids is 2. The number of carboxylic acid groups (broad SMARTS) is 1. The molecule has 114 valence electrons. The Balaban J connectivity index is 2.74. The zero-order valence-electron chi connectivity index (χ0n) is 11.7. The molecule has 0 saturated carbocycles. The molecule has 0 aliphatic heterocycles. The molecule has 1 atom stereocenters. The number of methoxy groups -OCH3 is 1. The lowest BCUT2D eigenvalue weighted by molar-refractivity contribution is -0.142. The molecule has 21 heavy (non-hydrogen) atoms. The number of ether oxygens (including phenoxy) is 1. The largest absolute Gasteiger partial charge is 0.480 e. The first-order valence-corrected chi connectivity index (χ1v) is 7.01. The van der Waals surface area contributed by atoms with E-state index in [4.69, 9.17) is 5.11 Å². The summed E-state index contributed by atoms with van der Waals surface area (Å²) in [4.78, 5) is 34.2. The summed E-state index contributed by atoms with van der Waals surface area (Å²) in [7, 11) is 1.22. The zero-order valence-corrected chi connectivity index (χ0v) is 13.3. The second kappa shape index (κ2) is 7.78. The topological polar surface area (TPSA) is 92.7 Å². The number of aryl methyl sites for hydroxylation is 1. The second-order valence-corrected chi connectivity index (χ2v) is 5.30. The summed E-state index contributed by atoms with van der Waals surface area (Å²) in [5, 5.41) is 11.5. The quantitative estimate of drug-likeness (QED) is 0.758. The van der Waals surface area contributed by atoms with Gasteiger partial charge in [0.2, 0.25) is 0 Å². The molecular weight excluding hydrogens is 342 g/mol. The van der Waals surface area contributed by atoms with Crippen molar-refractivity contribution in [3.63, 3.8) is 0 Å². The number of amides is 1. The normalized spacial score (nSPS) is 11.6. The third-order valence-corrected chi connectivity index (χ3v) is 3.78. The molecule has 2 N–H and O–H groups in total. The maximum absolute atomic E-state index is 12.0. The highest BCUT2D eigenvalue weighted by molar-refractivity contribution is 9.10. The van der Waals surface area contributed by atoms with Gasteiger partial charge in [-0.15, -0.1) is 0 Å². The van der Waals surface area contributed by atoms with Gasteiger partial charge in [-0.25, -0.2) is 4.79 Å². The van der Waals surface area contributed by atoms with Crippen LogP contribution in [0.2, 0.25) is 0 Å². The van der Waals surface area contributed by atoms with Gasteiger partial charge in [0.15, 0.2) is 0 Å². The Hall–Kier alpha value is -1.89. The highest BCUT2D eigenvalue weighted by Gasteiger charge is 2.22. The van der Waals surface area contributed by atoms with Crippen molar-refractivity contribution < 1.29 is 24.2 Å². The van der Waals surface area contributed by atoms with Crippen LogP contribution in [0.4, 0.5) is 0 Å². The van der Waals surface area contributed by atoms with E-state index in [0.29, 0.717) is 5.56 Å². The number of nitrogens with one attached hydrogen (secondary N) is 1. The molecule has 1 amide bonds. The van der Waals surface area contributed by atoms with Crippen molar-refractivity contribution in [3.8, 4) is 0 Å². The first-order valence-electron chi connectivity index (χ1n) is 6.21. The molecule has 0 bridgehead atoms. The Morgan fingerprint density at radius 1 is 1.38 bits per heavy atom. The third kappa shape index (κ3) is 5.18.